The summed E-state index contributed by atoms with van der Waals surface area (Å²) in [4.78, 5) is 2.47. The number of hydrogen-bond acceptors (Lipinski definition) is 3. The first-order chi connectivity index (χ1) is 9.81. The van der Waals surface area contributed by atoms with Crippen LogP contribution in [0.25, 0.3) is 10.8 Å². The van der Waals surface area contributed by atoms with Crippen LogP contribution in [0.4, 0.5) is 5.82 Å². The Morgan fingerprint density at radius 3 is 2.60 bits per heavy atom. The molecule has 3 nitrogen and oxygen atoms in total. The number of hydrogen-bond donors (Lipinski definition) is 0. The van der Waals surface area contributed by atoms with Crippen LogP contribution in [0.3, 0.4) is 0 Å². The molecule has 106 valence electrons. The Labute approximate surface area is 128 Å². The summed E-state index contributed by atoms with van der Waals surface area (Å²) in [7, 11) is 0. The zero-order chi connectivity index (χ0) is 13.9. The van der Waals surface area contributed by atoms with Gasteiger partial charge in [0.15, 0.2) is 5.82 Å². The van der Waals surface area contributed by atoms with Crippen LogP contribution < -0.4 is 4.90 Å². The second-order valence-electron chi connectivity index (χ2n) is 5.48. The van der Waals surface area contributed by atoms with Gasteiger partial charge in [-0.15, -0.1) is 5.10 Å². The number of nitrogens with zero attached hydrogens (tertiary/aromatic N) is 3. The maximum absolute atomic E-state index is 4.52. The van der Waals surface area contributed by atoms with Gasteiger partial charge in [-0.3, -0.25) is 0 Å². The minimum absolute atomic E-state index is 0.648. The molecule has 0 spiro atoms. The third-order valence-electron chi connectivity index (χ3n) is 4.17. The summed E-state index contributed by atoms with van der Waals surface area (Å²) in [5, 5.41) is 12.4. The molecule has 4 heteroatoms. The number of alkyl halides is 1. The molecule has 1 saturated carbocycles. The average molecular weight is 334 g/mol. The van der Waals surface area contributed by atoms with Gasteiger partial charge in [0.05, 0.1) is 5.69 Å². The first-order valence-electron chi connectivity index (χ1n) is 7.36. The molecule has 0 N–H and O–H groups in total. The van der Waals surface area contributed by atoms with Crippen molar-refractivity contribution in [3.63, 3.8) is 0 Å². The van der Waals surface area contributed by atoms with Crippen LogP contribution in [0.2, 0.25) is 0 Å². The fourth-order valence-corrected chi connectivity index (χ4v) is 3.08. The van der Waals surface area contributed by atoms with E-state index in [9.17, 15) is 0 Å². The highest BCUT2D eigenvalue weighted by molar-refractivity contribution is 9.09. The molecule has 2 aromatic rings. The average Bonchev–Trinajstić information content (AvgIpc) is 2.42. The highest BCUT2D eigenvalue weighted by atomic mass is 79.9. The fourth-order valence-electron chi connectivity index (χ4n) is 2.83. The molecule has 20 heavy (non-hydrogen) atoms. The quantitative estimate of drug-likeness (QED) is 0.772. The zero-order valence-corrected chi connectivity index (χ0v) is 13.4. The van der Waals surface area contributed by atoms with Crippen molar-refractivity contribution in [3.8, 4) is 0 Å². The summed E-state index contributed by atoms with van der Waals surface area (Å²) in [6.07, 6.45) is 5.05. The van der Waals surface area contributed by atoms with E-state index >= 15 is 0 Å². The van der Waals surface area contributed by atoms with E-state index in [2.05, 4.69) is 55.3 Å². The van der Waals surface area contributed by atoms with Crippen molar-refractivity contribution in [1.82, 2.24) is 10.2 Å². The van der Waals surface area contributed by atoms with E-state index in [1.165, 1.54) is 30.0 Å². The molecule has 1 aliphatic rings. The Morgan fingerprint density at radius 1 is 1.20 bits per heavy atom. The lowest BCUT2D eigenvalue weighted by molar-refractivity contribution is 0.384. The minimum Gasteiger partial charge on any atom is -0.352 e. The summed E-state index contributed by atoms with van der Waals surface area (Å²) >= 11 is 3.54. The largest absolute Gasteiger partial charge is 0.352 e. The predicted molar refractivity (Wildman–Crippen MR) is 87.7 cm³/mol. The molecule has 3 rings (SSSR count). The van der Waals surface area contributed by atoms with Crippen LogP contribution in [0.5, 0.6) is 0 Å². The van der Waals surface area contributed by atoms with E-state index in [1.54, 1.807) is 0 Å². The van der Waals surface area contributed by atoms with Crippen LogP contribution in [-0.4, -0.2) is 28.1 Å². The van der Waals surface area contributed by atoms with Gasteiger partial charge >= 0.3 is 0 Å². The van der Waals surface area contributed by atoms with Crippen molar-refractivity contribution in [2.75, 3.05) is 16.8 Å². The van der Waals surface area contributed by atoms with Gasteiger partial charge in [0.25, 0.3) is 0 Å². The van der Waals surface area contributed by atoms with E-state index in [0.717, 1.165) is 29.8 Å². The molecule has 1 aliphatic carbocycles. The van der Waals surface area contributed by atoms with Crippen LogP contribution in [0, 0.1) is 6.92 Å². The maximum atomic E-state index is 4.52. The Morgan fingerprint density at radius 2 is 1.95 bits per heavy atom. The second-order valence-corrected chi connectivity index (χ2v) is 6.27. The highest BCUT2D eigenvalue weighted by Crippen LogP contribution is 2.33. The molecule has 1 aromatic carbocycles. The first kappa shape index (κ1) is 13.8. The van der Waals surface area contributed by atoms with Gasteiger partial charge in [-0.2, -0.15) is 5.10 Å². The van der Waals surface area contributed by atoms with Gasteiger partial charge in [0, 0.05) is 28.7 Å². The molecule has 0 bridgehead atoms. The molecule has 0 atom stereocenters. The molecular weight excluding hydrogens is 314 g/mol. The Balaban J connectivity index is 2.03. The molecule has 1 heterocycles. The van der Waals surface area contributed by atoms with Crippen molar-refractivity contribution in [3.05, 3.63) is 30.0 Å². The lowest BCUT2D eigenvalue weighted by atomic mass is 9.91. The number of aromatic nitrogens is 2. The molecule has 1 aromatic heterocycles. The first-order valence-corrected chi connectivity index (χ1v) is 8.48. The number of benzene rings is 1. The summed E-state index contributed by atoms with van der Waals surface area (Å²) in [6.45, 7) is 3.09. The minimum atomic E-state index is 0.648. The van der Waals surface area contributed by atoms with Crippen LogP contribution >= 0.6 is 15.9 Å². The zero-order valence-electron chi connectivity index (χ0n) is 11.8. The summed E-state index contributed by atoms with van der Waals surface area (Å²) in [6, 6.07) is 9.14. The van der Waals surface area contributed by atoms with Gasteiger partial charge < -0.3 is 4.90 Å². The molecule has 0 aliphatic heterocycles. The van der Waals surface area contributed by atoms with Crippen molar-refractivity contribution in [2.24, 2.45) is 0 Å². The van der Waals surface area contributed by atoms with E-state index in [1.807, 2.05) is 6.92 Å². The summed E-state index contributed by atoms with van der Waals surface area (Å²) < 4.78 is 0. The van der Waals surface area contributed by atoms with Gasteiger partial charge in [-0.05, 0) is 32.6 Å². The van der Waals surface area contributed by atoms with Gasteiger partial charge in [0.2, 0.25) is 0 Å². The summed E-state index contributed by atoms with van der Waals surface area (Å²) in [5.41, 5.74) is 1.01. The Hall–Kier alpha value is -1.16. The van der Waals surface area contributed by atoms with Gasteiger partial charge in [0.1, 0.15) is 0 Å². The molecule has 0 saturated heterocycles. The smallest absolute Gasteiger partial charge is 0.159 e. The number of fused-ring (bicyclic) bond motifs is 1. The molecule has 0 amide bonds. The van der Waals surface area contributed by atoms with Crippen molar-refractivity contribution < 1.29 is 0 Å². The van der Waals surface area contributed by atoms with E-state index < -0.39 is 0 Å². The number of anilines is 1. The van der Waals surface area contributed by atoms with Crippen LogP contribution in [0.15, 0.2) is 24.3 Å². The normalized spacial score (nSPS) is 15.3. The maximum Gasteiger partial charge on any atom is 0.159 e. The van der Waals surface area contributed by atoms with Crippen LogP contribution in [0.1, 0.15) is 31.4 Å². The fraction of sp³-hybridized carbons (Fsp3) is 0.500. The van der Waals surface area contributed by atoms with Crippen molar-refractivity contribution in [1.29, 1.82) is 0 Å². The SMILES string of the molecule is Cc1nnc(N(CCCBr)C2CCC2)c2ccccc12. The van der Waals surface area contributed by atoms with Crippen LogP contribution in [-0.2, 0) is 0 Å². The summed E-state index contributed by atoms with van der Waals surface area (Å²) in [5.74, 6) is 1.07. The number of rotatable bonds is 5. The second kappa shape index (κ2) is 6.08. The molecule has 1 fully saturated rings. The highest BCUT2D eigenvalue weighted by Gasteiger charge is 2.27. The Kier molecular flexibility index (Phi) is 4.20. The third-order valence-corrected chi connectivity index (χ3v) is 4.73. The monoisotopic (exact) mass is 333 g/mol. The van der Waals surface area contributed by atoms with E-state index in [4.69, 9.17) is 0 Å². The molecule has 0 unspecified atom stereocenters. The van der Waals surface area contributed by atoms with Crippen molar-refractivity contribution >= 4 is 32.5 Å². The topological polar surface area (TPSA) is 29.0 Å². The predicted octanol–water partition coefficient (Wildman–Crippen LogP) is 4.08. The number of aryl methyl sites for hydroxylation is 1. The lowest BCUT2D eigenvalue weighted by Crippen LogP contribution is -2.41. The van der Waals surface area contributed by atoms with E-state index in [0.29, 0.717) is 6.04 Å². The van der Waals surface area contributed by atoms with E-state index in [-0.39, 0.29) is 0 Å². The molecular formula is C16H20BrN3. The Bertz CT molecular complexity index is 595. The lowest BCUT2D eigenvalue weighted by Gasteiger charge is -2.38. The third kappa shape index (κ3) is 2.53. The van der Waals surface area contributed by atoms with Crippen molar-refractivity contribution in [2.45, 2.75) is 38.6 Å². The standard InChI is InChI=1S/C16H20BrN3/c1-12-14-8-2-3-9-15(14)16(19-18-12)20(11-5-10-17)13-6-4-7-13/h2-3,8-9,13H,4-7,10-11H2,1H3. The van der Waals surface area contributed by atoms with Gasteiger partial charge in [-0.25, -0.2) is 0 Å². The van der Waals surface area contributed by atoms with Gasteiger partial charge in [-0.1, -0.05) is 40.2 Å². The number of halogens is 1. The molecule has 0 radical (unpaired) electrons.